The molecule has 8 nitrogen and oxygen atoms in total. The van der Waals surface area contributed by atoms with Crippen LogP contribution in [0.1, 0.15) is 101 Å². The van der Waals surface area contributed by atoms with E-state index in [0.717, 1.165) is 87.1 Å². The zero-order chi connectivity index (χ0) is 35.8. The number of hydrogen-bond acceptors (Lipinski definition) is 6. The minimum Gasteiger partial charge on any atom is -0.461 e. The molecule has 53 heavy (non-hydrogen) atoms. The van der Waals surface area contributed by atoms with Crippen LogP contribution < -0.4 is 0 Å². The number of halogens is 1. The van der Waals surface area contributed by atoms with Gasteiger partial charge >= 0.3 is 11.9 Å². The number of para-hydroxylation sites is 2. The van der Waals surface area contributed by atoms with Gasteiger partial charge in [0.05, 0.1) is 36.3 Å². The van der Waals surface area contributed by atoms with Gasteiger partial charge in [0.2, 0.25) is 0 Å². The fraction of sp³-hybridized carbons (Fsp3) is 0.500. The number of benzene rings is 2. The van der Waals surface area contributed by atoms with E-state index >= 15 is 0 Å². The van der Waals surface area contributed by atoms with Crippen molar-refractivity contribution in [2.24, 2.45) is 10.8 Å². The molecule has 0 radical (unpaired) electrons. The molecule has 280 valence electrons. The van der Waals surface area contributed by atoms with Gasteiger partial charge in [-0.2, -0.15) is 0 Å². The van der Waals surface area contributed by atoms with Crippen molar-refractivity contribution in [1.29, 1.82) is 0 Å². The van der Waals surface area contributed by atoms with Gasteiger partial charge in [0.15, 0.2) is 0 Å². The summed E-state index contributed by atoms with van der Waals surface area (Å²) in [5.74, 6) is -0.380. The fourth-order valence-corrected chi connectivity index (χ4v) is 11.3. The normalized spacial score (nSPS) is 26.6. The van der Waals surface area contributed by atoms with Gasteiger partial charge in [-0.25, -0.2) is 9.59 Å². The molecule has 4 aromatic rings. The third kappa shape index (κ3) is 5.22. The van der Waals surface area contributed by atoms with Gasteiger partial charge in [0.1, 0.15) is 11.4 Å². The van der Waals surface area contributed by atoms with Crippen molar-refractivity contribution in [3.05, 3.63) is 83.2 Å². The predicted octanol–water partition coefficient (Wildman–Crippen LogP) is 8.72. The summed E-state index contributed by atoms with van der Waals surface area (Å²) >= 11 is 0. The van der Waals surface area contributed by atoms with Crippen LogP contribution in [0.15, 0.2) is 60.7 Å². The number of piperidine rings is 2. The number of aromatic nitrogens is 2. The molecule has 0 unspecified atom stereocenters. The number of carbonyl (C=O) groups excluding carboxylic acids is 2. The van der Waals surface area contributed by atoms with Crippen molar-refractivity contribution in [3.63, 3.8) is 0 Å². The number of nitrogens with zero attached hydrogens (tertiary/aromatic N) is 4. The Kier molecular flexibility index (Phi) is 9.39. The summed E-state index contributed by atoms with van der Waals surface area (Å²) in [7, 11) is 0. The first kappa shape index (κ1) is 36.1. The fourth-order valence-electron chi connectivity index (χ4n) is 11.3. The Morgan fingerprint density at radius 3 is 1.45 bits per heavy atom. The molecule has 0 N–H and O–H groups in total. The molecule has 2 aromatic carbocycles. The van der Waals surface area contributed by atoms with Crippen LogP contribution in [0.2, 0.25) is 0 Å². The summed E-state index contributed by atoms with van der Waals surface area (Å²) in [6.07, 6.45) is 13.5. The number of rotatable bonds is 6. The van der Waals surface area contributed by atoms with Gasteiger partial charge in [-0.15, -0.1) is 12.4 Å². The Hall–Kier alpha value is -3.85. The second-order valence-corrected chi connectivity index (χ2v) is 15.7. The standard InChI is InChI=1S/2C22H26N2O2.ClH/c2*1-3-22-11-7-12-23-13-10-16-15-8-5-6-9-17(15)24(19(16)20(22)23)18(14-22)21(25)26-4-2;/h2*5-6,8-9,14,20H,3-4,7,10-13H2,1-2H3;1H/t2*20-,22+;/m11./s1. The highest BCUT2D eigenvalue weighted by atomic mass is 35.5. The lowest BCUT2D eigenvalue weighted by Gasteiger charge is -2.53. The molecule has 6 aliphatic rings. The predicted molar refractivity (Wildman–Crippen MR) is 213 cm³/mol. The smallest absolute Gasteiger partial charge is 0.354 e. The number of hydrogen-bond donors (Lipinski definition) is 0. The van der Waals surface area contributed by atoms with Crippen LogP contribution >= 0.6 is 12.4 Å². The summed E-state index contributed by atoms with van der Waals surface area (Å²) in [6.45, 7) is 13.7. The van der Waals surface area contributed by atoms with E-state index < -0.39 is 0 Å². The monoisotopic (exact) mass is 736 g/mol. The molecule has 8 heterocycles. The van der Waals surface area contributed by atoms with E-state index in [9.17, 15) is 9.59 Å². The Labute approximate surface area is 319 Å². The second kappa shape index (κ2) is 13.8. The Morgan fingerprint density at radius 2 is 1.06 bits per heavy atom. The third-order valence-corrected chi connectivity index (χ3v) is 13.5. The summed E-state index contributed by atoms with van der Waals surface area (Å²) in [5.41, 5.74) is 9.42. The molecule has 0 amide bonds. The van der Waals surface area contributed by atoms with Gasteiger partial charge in [-0.1, -0.05) is 50.2 Å². The summed E-state index contributed by atoms with van der Waals surface area (Å²) in [6, 6.07) is 17.8. The summed E-state index contributed by atoms with van der Waals surface area (Å²) in [5, 5.41) is 2.60. The van der Waals surface area contributed by atoms with E-state index in [4.69, 9.17) is 9.47 Å². The van der Waals surface area contributed by atoms with Gasteiger partial charge in [-0.05, 0) is 114 Å². The van der Waals surface area contributed by atoms with E-state index in [2.05, 4.69) is 93.5 Å². The molecule has 2 fully saturated rings. The lowest BCUT2D eigenvalue weighted by atomic mass is 9.66. The van der Waals surface area contributed by atoms with Crippen molar-refractivity contribution >= 4 is 57.5 Å². The van der Waals surface area contributed by atoms with Crippen LogP contribution in [-0.4, -0.2) is 70.3 Å². The van der Waals surface area contributed by atoms with E-state index in [0.29, 0.717) is 25.3 Å². The topological polar surface area (TPSA) is 68.9 Å². The largest absolute Gasteiger partial charge is 0.461 e. The minimum absolute atomic E-state index is 0. The molecule has 0 bridgehead atoms. The van der Waals surface area contributed by atoms with Crippen molar-refractivity contribution in [2.75, 3.05) is 39.4 Å². The van der Waals surface area contributed by atoms with Crippen LogP contribution in [0.25, 0.3) is 33.2 Å². The summed E-state index contributed by atoms with van der Waals surface area (Å²) in [4.78, 5) is 31.2. The maximum atomic E-state index is 12.9. The van der Waals surface area contributed by atoms with Gasteiger partial charge in [-0.3, -0.25) is 9.80 Å². The van der Waals surface area contributed by atoms with Crippen molar-refractivity contribution in [3.8, 4) is 0 Å². The molecule has 9 heteroatoms. The van der Waals surface area contributed by atoms with Gasteiger partial charge in [0, 0.05) is 46.1 Å². The van der Waals surface area contributed by atoms with Gasteiger partial charge in [0.25, 0.3) is 0 Å². The van der Waals surface area contributed by atoms with Crippen molar-refractivity contribution in [1.82, 2.24) is 18.9 Å². The molecule has 2 aromatic heterocycles. The summed E-state index contributed by atoms with van der Waals surface area (Å²) < 4.78 is 15.4. The van der Waals surface area contributed by atoms with Crippen LogP contribution in [0.5, 0.6) is 0 Å². The number of esters is 2. The highest BCUT2D eigenvalue weighted by Crippen LogP contribution is 2.58. The maximum Gasteiger partial charge on any atom is 0.354 e. The minimum atomic E-state index is -0.190. The van der Waals surface area contributed by atoms with Crippen molar-refractivity contribution in [2.45, 2.75) is 91.1 Å². The SMILES string of the molecule is CCOC(=O)C1=C[C@]2(CC)CCCN3CCc4c(n1c1ccccc41)[C@@H]32.CCOC(=O)C1=C[C@]2(CC)CCCN3CCc4c(n1c1ccccc41)[C@@H]32.Cl. The second-order valence-electron chi connectivity index (χ2n) is 15.7. The first-order chi connectivity index (χ1) is 25.4. The van der Waals surface area contributed by atoms with E-state index in [1.54, 1.807) is 0 Å². The lowest BCUT2D eigenvalue weighted by molar-refractivity contribution is -0.137. The number of ether oxygens (including phenoxy) is 2. The highest BCUT2D eigenvalue weighted by Gasteiger charge is 2.52. The highest BCUT2D eigenvalue weighted by molar-refractivity contribution is 6.14. The molecule has 4 atom stereocenters. The molecular weight excluding hydrogens is 684 g/mol. The van der Waals surface area contributed by atoms with Crippen LogP contribution in [0.4, 0.5) is 0 Å². The van der Waals surface area contributed by atoms with Gasteiger partial charge < -0.3 is 18.6 Å². The van der Waals surface area contributed by atoms with E-state index in [1.807, 2.05) is 13.8 Å². The first-order valence-electron chi connectivity index (χ1n) is 19.9. The quantitative estimate of drug-likeness (QED) is 0.185. The average molecular weight is 737 g/mol. The van der Waals surface area contributed by atoms with E-state index in [1.165, 1.54) is 46.1 Å². The first-order valence-corrected chi connectivity index (χ1v) is 19.9. The van der Waals surface area contributed by atoms with Crippen LogP contribution in [0, 0.1) is 10.8 Å². The molecule has 10 rings (SSSR count). The molecule has 0 spiro atoms. The van der Waals surface area contributed by atoms with Crippen LogP contribution in [-0.2, 0) is 31.9 Å². The Bertz CT molecular complexity index is 2010. The number of carbonyl (C=O) groups is 2. The zero-order valence-corrected chi connectivity index (χ0v) is 32.5. The maximum absolute atomic E-state index is 12.9. The van der Waals surface area contributed by atoms with Crippen LogP contribution in [0.3, 0.4) is 0 Å². The lowest BCUT2D eigenvalue weighted by Crippen LogP contribution is -2.51. The molecule has 2 saturated heterocycles. The third-order valence-electron chi connectivity index (χ3n) is 13.5. The molecule has 0 saturated carbocycles. The number of fused-ring (bicyclic) bond motifs is 6. The molecule has 6 aliphatic heterocycles. The average Bonchev–Trinajstić information content (AvgIpc) is 3.71. The van der Waals surface area contributed by atoms with E-state index in [-0.39, 0.29) is 35.2 Å². The van der Waals surface area contributed by atoms with Crippen molar-refractivity contribution < 1.29 is 19.1 Å². The zero-order valence-electron chi connectivity index (χ0n) is 31.7. The Balaban J connectivity index is 0.000000148. The molecular formula is C44H53ClN4O4. The molecule has 0 aliphatic carbocycles. The Morgan fingerprint density at radius 1 is 0.642 bits per heavy atom.